The molecule has 2 aromatic rings. The summed E-state index contributed by atoms with van der Waals surface area (Å²) in [5.74, 6) is 0.146. The highest BCUT2D eigenvalue weighted by molar-refractivity contribution is 6.21. The Balaban J connectivity index is 1.22. The monoisotopic (exact) mass is 620 g/mol. The van der Waals surface area contributed by atoms with Gasteiger partial charge in [-0.3, -0.25) is 19.6 Å². The third kappa shape index (κ3) is 7.26. The number of nitrogens with zero attached hydrogens (tertiary/aromatic N) is 4. The Labute approximate surface area is 264 Å². The van der Waals surface area contributed by atoms with Crippen molar-refractivity contribution in [2.75, 3.05) is 26.7 Å². The normalized spacial score (nSPS) is 21.0. The predicted molar refractivity (Wildman–Crippen MR) is 178 cm³/mol. The van der Waals surface area contributed by atoms with Gasteiger partial charge in [-0.25, -0.2) is 0 Å². The van der Waals surface area contributed by atoms with E-state index in [1.807, 2.05) is 31.5 Å². The summed E-state index contributed by atoms with van der Waals surface area (Å²) in [5.41, 5.74) is 10.7. The second kappa shape index (κ2) is 14.6. The molecule has 0 saturated heterocycles. The summed E-state index contributed by atoms with van der Waals surface area (Å²) < 4.78 is 2.43. The van der Waals surface area contributed by atoms with Crippen molar-refractivity contribution in [2.24, 2.45) is 15.7 Å². The summed E-state index contributed by atoms with van der Waals surface area (Å²) in [4.78, 5) is 35.9. The molecule has 3 atom stereocenters. The zero-order valence-electron chi connectivity index (χ0n) is 25.8. The van der Waals surface area contributed by atoms with Crippen LogP contribution in [-0.2, 0) is 4.79 Å². The van der Waals surface area contributed by atoms with E-state index in [1.54, 1.807) is 0 Å². The van der Waals surface area contributed by atoms with Gasteiger partial charge in [0.05, 0.1) is 29.7 Å². The lowest BCUT2D eigenvalue weighted by atomic mass is 9.95. The molecule has 1 saturated carbocycles. The molecular formula is C34H45ClN6O3. The summed E-state index contributed by atoms with van der Waals surface area (Å²) in [7, 11) is 2.04. The maximum absolute atomic E-state index is 13.2. The van der Waals surface area contributed by atoms with E-state index >= 15 is 0 Å². The van der Waals surface area contributed by atoms with E-state index in [0.717, 1.165) is 59.3 Å². The number of carbonyl (C=O) groups is 2. The van der Waals surface area contributed by atoms with E-state index in [0.29, 0.717) is 37.7 Å². The molecular weight excluding hydrogens is 576 g/mol. The number of amidine groups is 1. The third-order valence-corrected chi connectivity index (χ3v) is 9.48. The van der Waals surface area contributed by atoms with E-state index in [1.165, 1.54) is 19.3 Å². The van der Waals surface area contributed by atoms with Gasteiger partial charge in [-0.2, -0.15) is 0 Å². The van der Waals surface area contributed by atoms with Crippen LogP contribution in [-0.4, -0.2) is 82.6 Å². The topological polar surface area (TPSA) is 125 Å². The number of alkyl halides is 1. The maximum Gasteiger partial charge on any atom is 0.303 e. The molecule has 44 heavy (non-hydrogen) atoms. The van der Waals surface area contributed by atoms with Crippen LogP contribution in [0.4, 0.5) is 0 Å². The highest BCUT2D eigenvalue weighted by Crippen LogP contribution is 2.36. The van der Waals surface area contributed by atoms with Crippen molar-refractivity contribution in [1.29, 1.82) is 0 Å². The number of rotatable bonds is 13. The van der Waals surface area contributed by atoms with Crippen molar-refractivity contribution < 1.29 is 14.7 Å². The minimum Gasteiger partial charge on any atom is -0.481 e. The van der Waals surface area contributed by atoms with E-state index in [2.05, 4.69) is 44.9 Å². The number of allylic oxidation sites excluding steroid dienone is 2. The molecule has 1 aromatic carbocycles. The zero-order valence-corrected chi connectivity index (χ0v) is 26.6. The Morgan fingerprint density at radius 1 is 1.25 bits per heavy atom. The van der Waals surface area contributed by atoms with Gasteiger partial charge in [0.15, 0.2) is 0 Å². The number of amides is 1. The standard InChI is InChI=1S/C34H45ClN6O3/c1-22-27-18-24(12-14-29(27)41(26-7-4-3-5-8-26)31(22)21-37-20-25(35)19-36)34(44)38-16-6-9-32-39-28-13-10-23(11-15-33(42)43)17-30(28)40(32)2/h10,12-14,17-18,21,25-26,28,30H,3-9,11,15-16,19-20,36H2,1-2H3,(H,38,44)(H,42,43). The number of hydrogen-bond donors (Lipinski definition) is 3. The van der Waals surface area contributed by atoms with Gasteiger partial charge in [-0.15, -0.1) is 11.6 Å². The number of carboxylic acid groups (broad SMARTS) is 1. The smallest absolute Gasteiger partial charge is 0.303 e. The molecule has 236 valence electrons. The molecule has 1 aromatic heterocycles. The fourth-order valence-corrected chi connectivity index (χ4v) is 6.75. The van der Waals surface area contributed by atoms with Crippen molar-refractivity contribution in [3.05, 3.63) is 58.8 Å². The number of fused-ring (bicyclic) bond motifs is 2. The third-order valence-electron chi connectivity index (χ3n) is 9.16. The molecule has 3 aliphatic rings. The Hall–Kier alpha value is -3.43. The molecule has 3 unspecified atom stereocenters. The Morgan fingerprint density at radius 3 is 2.80 bits per heavy atom. The van der Waals surface area contributed by atoms with Gasteiger partial charge < -0.3 is 25.6 Å². The summed E-state index contributed by atoms with van der Waals surface area (Å²) in [6.45, 7) is 3.53. The molecule has 2 heterocycles. The first-order valence-corrected chi connectivity index (χ1v) is 16.4. The molecule has 0 radical (unpaired) electrons. The Bertz CT molecular complexity index is 1490. The molecule has 1 fully saturated rings. The van der Waals surface area contributed by atoms with Crippen molar-refractivity contribution in [2.45, 2.75) is 88.2 Å². The number of nitrogens with two attached hydrogens (primary N) is 1. The van der Waals surface area contributed by atoms with Crippen LogP contribution in [0, 0.1) is 6.92 Å². The fraction of sp³-hybridized carbons (Fsp3) is 0.529. The van der Waals surface area contributed by atoms with Crippen molar-refractivity contribution in [1.82, 2.24) is 14.8 Å². The van der Waals surface area contributed by atoms with E-state index in [9.17, 15) is 9.59 Å². The number of halogens is 1. The number of likely N-dealkylation sites (N-methyl/N-ethyl adjacent to an activating group) is 1. The van der Waals surface area contributed by atoms with Gasteiger partial charge in [-0.05, 0) is 61.9 Å². The second-order valence-electron chi connectivity index (χ2n) is 12.2. The predicted octanol–water partition coefficient (Wildman–Crippen LogP) is 5.39. The number of carbonyl (C=O) groups excluding carboxylic acids is 1. The van der Waals surface area contributed by atoms with Gasteiger partial charge in [0.25, 0.3) is 5.91 Å². The minimum atomic E-state index is -0.785. The lowest BCUT2D eigenvalue weighted by molar-refractivity contribution is -0.136. The van der Waals surface area contributed by atoms with Crippen LogP contribution in [0.25, 0.3) is 10.9 Å². The van der Waals surface area contributed by atoms with Gasteiger partial charge in [0.2, 0.25) is 0 Å². The minimum absolute atomic E-state index is 0.0565. The maximum atomic E-state index is 13.2. The van der Waals surface area contributed by atoms with Gasteiger partial charge in [0.1, 0.15) is 5.84 Å². The van der Waals surface area contributed by atoms with Gasteiger partial charge >= 0.3 is 5.97 Å². The van der Waals surface area contributed by atoms with Crippen LogP contribution in [0.3, 0.4) is 0 Å². The highest BCUT2D eigenvalue weighted by atomic mass is 35.5. The number of hydrogen-bond acceptors (Lipinski definition) is 6. The number of carboxylic acids is 1. The SMILES string of the molecule is Cc1c(C=NCC(Cl)CN)n(C2CCCCC2)c2ccc(C(=O)NCCCC3=NC4C=CC(CCC(=O)O)=CC4N3C)cc12. The average Bonchev–Trinajstić information content (AvgIpc) is 3.50. The summed E-state index contributed by atoms with van der Waals surface area (Å²) in [5, 5.41) is 13.0. The number of aromatic nitrogens is 1. The largest absolute Gasteiger partial charge is 0.481 e. The van der Waals surface area contributed by atoms with Gasteiger partial charge in [-0.1, -0.05) is 37.5 Å². The van der Waals surface area contributed by atoms with E-state index < -0.39 is 5.97 Å². The average molecular weight is 621 g/mol. The number of aliphatic imine (C=N–C) groups is 2. The number of benzene rings is 1. The van der Waals surface area contributed by atoms with Crippen LogP contribution in [0.1, 0.15) is 85.4 Å². The first-order valence-electron chi connectivity index (χ1n) is 15.9. The molecule has 4 N–H and O–H groups in total. The van der Waals surface area contributed by atoms with Crippen LogP contribution in [0.2, 0.25) is 0 Å². The zero-order chi connectivity index (χ0) is 31.2. The highest BCUT2D eigenvalue weighted by Gasteiger charge is 2.32. The van der Waals surface area contributed by atoms with E-state index in [4.69, 9.17) is 27.4 Å². The fourth-order valence-electron chi connectivity index (χ4n) is 6.67. The Morgan fingerprint density at radius 2 is 2.05 bits per heavy atom. The Kier molecular flexibility index (Phi) is 10.6. The molecule has 1 amide bonds. The first kappa shape index (κ1) is 32.0. The van der Waals surface area contributed by atoms with Crippen LogP contribution < -0.4 is 11.1 Å². The van der Waals surface area contributed by atoms with E-state index in [-0.39, 0.29) is 29.8 Å². The van der Waals surface area contributed by atoms with Crippen LogP contribution in [0.5, 0.6) is 0 Å². The van der Waals surface area contributed by atoms with Crippen molar-refractivity contribution in [3.63, 3.8) is 0 Å². The van der Waals surface area contributed by atoms with Crippen LogP contribution >= 0.6 is 11.6 Å². The second-order valence-corrected chi connectivity index (χ2v) is 12.8. The molecule has 10 heteroatoms. The molecule has 9 nitrogen and oxygen atoms in total. The van der Waals surface area contributed by atoms with Crippen molar-refractivity contribution >= 4 is 46.4 Å². The lowest BCUT2D eigenvalue weighted by Crippen LogP contribution is -2.36. The summed E-state index contributed by atoms with van der Waals surface area (Å²) >= 11 is 6.22. The number of aryl methyl sites for hydroxylation is 1. The quantitative estimate of drug-likeness (QED) is 0.157. The summed E-state index contributed by atoms with van der Waals surface area (Å²) in [6.07, 6.45) is 16.4. The summed E-state index contributed by atoms with van der Waals surface area (Å²) in [6, 6.07) is 6.63. The van der Waals surface area contributed by atoms with Crippen molar-refractivity contribution in [3.8, 4) is 0 Å². The molecule has 2 aliphatic carbocycles. The lowest BCUT2D eigenvalue weighted by Gasteiger charge is -2.26. The number of nitrogens with one attached hydrogen (secondary N) is 1. The van der Waals surface area contributed by atoms with Gasteiger partial charge in [0, 0.05) is 61.7 Å². The molecule has 0 spiro atoms. The molecule has 1 aliphatic heterocycles. The molecule has 5 rings (SSSR count). The molecule has 0 bridgehead atoms. The van der Waals surface area contributed by atoms with Crippen LogP contribution in [0.15, 0.2) is 52.0 Å². The number of aliphatic carboxylic acids is 1. The first-order chi connectivity index (χ1) is 21.3.